The molecule has 1 aromatic rings. The minimum Gasteiger partial charge on any atom is -0.507 e. The summed E-state index contributed by atoms with van der Waals surface area (Å²) in [6.45, 7) is 20.8. The maximum Gasteiger partial charge on any atom is 0.330 e. The Kier molecular flexibility index (Phi) is 7.93. The Morgan fingerprint density at radius 3 is 1.79 bits per heavy atom. The average Bonchev–Trinajstić information content (AvgIpc) is 2.52. The largest absolute Gasteiger partial charge is 0.507 e. The molecule has 0 aromatic heterocycles. The summed E-state index contributed by atoms with van der Waals surface area (Å²) in [7, 11) is 0. The normalized spacial score (nSPS) is 13.6. The second kappa shape index (κ2) is 9.15. The summed E-state index contributed by atoms with van der Waals surface area (Å²) in [5.41, 5.74) is 3.04. The number of carbonyl (C=O) groups is 1. The van der Waals surface area contributed by atoms with Gasteiger partial charge in [-0.05, 0) is 58.6 Å². The van der Waals surface area contributed by atoms with Crippen molar-refractivity contribution < 1.29 is 15.0 Å². The van der Waals surface area contributed by atoms with Gasteiger partial charge in [0.25, 0.3) is 0 Å². The number of aliphatic carboxylic acids is 1. The van der Waals surface area contributed by atoms with E-state index in [0.29, 0.717) is 18.1 Å². The topological polar surface area (TPSA) is 57.5 Å². The lowest BCUT2D eigenvalue weighted by Crippen LogP contribution is -2.18. The van der Waals surface area contributed by atoms with Crippen molar-refractivity contribution in [1.29, 1.82) is 0 Å². The van der Waals surface area contributed by atoms with Crippen LogP contribution in [0.1, 0.15) is 104 Å². The van der Waals surface area contributed by atoms with Crippen LogP contribution in [0.15, 0.2) is 24.3 Å². The van der Waals surface area contributed by atoms with Gasteiger partial charge in [0.2, 0.25) is 0 Å². The van der Waals surface area contributed by atoms with E-state index in [-0.39, 0.29) is 22.3 Å². The molecule has 3 nitrogen and oxygen atoms in total. The number of hydrogen-bond donors (Lipinski definition) is 2. The lowest BCUT2D eigenvalue weighted by Gasteiger charge is -2.30. The van der Waals surface area contributed by atoms with Crippen LogP contribution >= 0.6 is 0 Å². The number of rotatable bonds is 8. The maximum absolute atomic E-state index is 11.2. The van der Waals surface area contributed by atoms with Crippen molar-refractivity contribution in [3.8, 4) is 5.75 Å². The smallest absolute Gasteiger partial charge is 0.330 e. The molecule has 1 unspecified atom stereocenters. The van der Waals surface area contributed by atoms with E-state index in [0.717, 1.165) is 30.4 Å². The van der Waals surface area contributed by atoms with Crippen molar-refractivity contribution in [1.82, 2.24) is 0 Å². The molecule has 0 spiro atoms. The molecule has 2 N–H and O–H groups in total. The first-order chi connectivity index (χ1) is 12.6. The molecule has 0 fully saturated rings. The van der Waals surface area contributed by atoms with E-state index in [4.69, 9.17) is 0 Å². The quantitative estimate of drug-likeness (QED) is 0.475. The lowest BCUT2D eigenvalue weighted by molar-refractivity contribution is -0.132. The fourth-order valence-corrected chi connectivity index (χ4v) is 3.50. The van der Waals surface area contributed by atoms with Crippen molar-refractivity contribution in [3.63, 3.8) is 0 Å². The molecule has 0 bridgehead atoms. The highest BCUT2D eigenvalue weighted by molar-refractivity contribution is 5.85. The summed E-state index contributed by atoms with van der Waals surface area (Å²) < 4.78 is 0. The predicted molar refractivity (Wildman–Crippen MR) is 118 cm³/mol. The van der Waals surface area contributed by atoms with Gasteiger partial charge in [0, 0.05) is 5.57 Å². The molecule has 28 heavy (non-hydrogen) atoms. The van der Waals surface area contributed by atoms with Crippen molar-refractivity contribution in [2.24, 2.45) is 5.92 Å². The third kappa shape index (κ3) is 6.68. The fourth-order valence-electron chi connectivity index (χ4n) is 3.50. The van der Waals surface area contributed by atoms with Crippen LogP contribution in [0, 0.1) is 5.92 Å². The second-order valence-corrected chi connectivity index (χ2v) is 10.6. The summed E-state index contributed by atoms with van der Waals surface area (Å²) in [5, 5.41) is 20.2. The van der Waals surface area contributed by atoms with Crippen LogP contribution in [-0.2, 0) is 15.6 Å². The molecule has 0 saturated heterocycles. The number of carboxylic acids is 1. The van der Waals surface area contributed by atoms with Crippen LogP contribution < -0.4 is 0 Å². The van der Waals surface area contributed by atoms with Gasteiger partial charge in [0.05, 0.1) is 0 Å². The Labute approximate surface area is 171 Å². The highest BCUT2D eigenvalue weighted by Crippen LogP contribution is 2.42. The Morgan fingerprint density at radius 2 is 1.43 bits per heavy atom. The summed E-state index contributed by atoms with van der Waals surface area (Å²) in [5.74, 6) is 0.313. The number of carboxylic acid groups (broad SMARTS) is 1. The Bertz CT molecular complexity index is 664. The highest BCUT2D eigenvalue weighted by Gasteiger charge is 2.28. The number of hydrogen-bond acceptors (Lipinski definition) is 2. The van der Waals surface area contributed by atoms with Gasteiger partial charge < -0.3 is 10.2 Å². The third-order valence-electron chi connectivity index (χ3n) is 5.41. The fraction of sp³-hybridized carbons (Fsp3) is 0.640. The van der Waals surface area contributed by atoms with Gasteiger partial charge in [-0.15, -0.1) is 0 Å². The molecule has 0 amide bonds. The molecule has 3 heteroatoms. The molecule has 0 aliphatic rings. The minimum absolute atomic E-state index is 0.173. The van der Waals surface area contributed by atoms with Crippen LogP contribution in [0.4, 0.5) is 0 Å². The standard InChI is InChI=1S/C25H40O3/c1-16(2)10-12-18(13-11-17(3)23(27)28)19-14-20(24(4,5)6)22(26)21(15-19)25(7,8)9/h14-16,18,26H,3,10-13H2,1-2,4-9H3,(H,27,28). The van der Waals surface area contributed by atoms with Gasteiger partial charge in [-0.25, -0.2) is 4.79 Å². The number of benzene rings is 1. The van der Waals surface area contributed by atoms with Gasteiger partial charge in [0.1, 0.15) is 5.75 Å². The number of aromatic hydroxyl groups is 1. The van der Waals surface area contributed by atoms with E-state index in [2.05, 4.69) is 74.1 Å². The molecule has 1 rings (SSSR count). The molecule has 158 valence electrons. The Balaban J connectivity index is 3.44. The third-order valence-corrected chi connectivity index (χ3v) is 5.41. The van der Waals surface area contributed by atoms with Gasteiger partial charge in [0.15, 0.2) is 0 Å². The first kappa shape index (κ1) is 24.3. The summed E-state index contributed by atoms with van der Waals surface area (Å²) in [6, 6.07) is 4.28. The van der Waals surface area contributed by atoms with E-state index < -0.39 is 5.97 Å². The minimum atomic E-state index is -0.918. The molecule has 0 radical (unpaired) electrons. The Morgan fingerprint density at radius 1 is 0.964 bits per heavy atom. The monoisotopic (exact) mass is 388 g/mol. The maximum atomic E-state index is 11.2. The number of phenolic OH excluding ortho intramolecular Hbond substituents is 1. The zero-order chi connectivity index (χ0) is 21.9. The van der Waals surface area contributed by atoms with Gasteiger partial charge >= 0.3 is 5.97 Å². The van der Waals surface area contributed by atoms with Crippen molar-refractivity contribution >= 4 is 5.97 Å². The van der Waals surface area contributed by atoms with Crippen LogP contribution in [0.2, 0.25) is 0 Å². The van der Waals surface area contributed by atoms with Crippen LogP contribution in [-0.4, -0.2) is 16.2 Å². The second-order valence-electron chi connectivity index (χ2n) is 10.6. The molecule has 1 atom stereocenters. The summed E-state index contributed by atoms with van der Waals surface area (Å²) in [4.78, 5) is 11.2. The van der Waals surface area contributed by atoms with Crippen LogP contribution in [0.25, 0.3) is 0 Å². The van der Waals surface area contributed by atoms with E-state index in [1.165, 1.54) is 5.56 Å². The zero-order valence-electron chi connectivity index (χ0n) is 19.1. The van der Waals surface area contributed by atoms with Crippen LogP contribution in [0.3, 0.4) is 0 Å². The summed E-state index contributed by atoms with van der Waals surface area (Å²) >= 11 is 0. The number of phenols is 1. The van der Waals surface area contributed by atoms with Crippen molar-refractivity contribution in [2.75, 3.05) is 0 Å². The summed E-state index contributed by atoms with van der Waals surface area (Å²) in [6.07, 6.45) is 3.33. The zero-order valence-corrected chi connectivity index (χ0v) is 19.1. The van der Waals surface area contributed by atoms with E-state index in [9.17, 15) is 15.0 Å². The molecular weight excluding hydrogens is 348 g/mol. The molecule has 0 aliphatic heterocycles. The highest BCUT2D eigenvalue weighted by atomic mass is 16.4. The van der Waals surface area contributed by atoms with Gasteiger partial charge in [-0.1, -0.05) is 80.5 Å². The van der Waals surface area contributed by atoms with E-state index >= 15 is 0 Å². The predicted octanol–water partition coefficient (Wildman–Crippen LogP) is 6.93. The van der Waals surface area contributed by atoms with E-state index in [1.54, 1.807) is 0 Å². The molecule has 1 aromatic carbocycles. The van der Waals surface area contributed by atoms with Crippen molar-refractivity contribution in [3.05, 3.63) is 41.0 Å². The van der Waals surface area contributed by atoms with Gasteiger partial charge in [-0.2, -0.15) is 0 Å². The first-order valence-corrected chi connectivity index (χ1v) is 10.4. The van der Waals surface area contributed by atoms with Crippen molar-refractivity contribution in [2.45, 2.75) is 97.8 Å². The molecule has 0 heterocycles. The SMILES string of the molecule is C=C(CCC(CCC(C)C)c1cc(C(C)(C)C)c(O)c(C(C)(C)C)c1)C(=O)O. The van der Waals surface area contributed by atoms with E-state index in [1.807, 2.05) is 0 Å². The Hall–Kier alpha value is -1.77. The van der Waals surface area contributed by atoms with Gasteiger partial charge in [-0.3, -0.25) is 0 Å². The molecular formula is C25H40O3. The van der Waals surface area contributed by atoms with Crippen LogP contribution in [0.5, 0.6) is 5.75 Å². The average molecular weight is 389 g/mol. The first-order valence-electron chi connectivity index (χ1n) is 10.4. The lowest BCUT2D eigenvalue weighted by atomic mass is 9.75. The molecule has 0 aliphatic carbocycles. The molecule has 0 saturated carbocycles.